The third-order valence-electron chi connectivity index (χ3n) is 4.38. The van der Waals surface area contributed by atoms with Crippen molar-refractivity contribution in [2.24, 2.45) is 0 Å². The van der Waals surface area contributed by atoms with Crippen molar-refractivity contribution in [2.45, 2.75) is 0 Å². The summed E-state index contributed by atoms with van der Waals surface area (Å²) in [5.74, 6) is 0.757. The Kier molecular flexibility index (Phi) is 6.38. The van der Waals surface area contributed by atoms with Crippen LogP contribution in [0.2, 0.25) is 5.02 Å². The van der Waals surface area contributed by atoms with Gasteiger partial charge in [-0.25, -0.2) is 4.98 Å². The van der Waals surface area contributed by atoms with E-state index in [0.29, 0.717) is 39.2 Å². The van der Waals surface area contributed by atoms with E-state index in [4.69, 9.17) is 16.3 Å². The van der Waals surface area contributed by atoms with Crippen LogP contribution in [-0.4, -0.2) is 21.8 Å². The zero-order valence-corrected chi connectivity index (χ0v) is 17.4. The Morgan fingerprint density at radius 1 is 0.781 bits per heavy atom. The van der Waals surface area contributed by atoms with Crippen LogP contribution in [0.25, 0.3) is 0 Å². The summed E-state index contributed by atoms with van der Waals surface area (Å²) in [6.45, 7) is 0. The molecule has 0 spiro atoms. The van der Waals surface area contributed by atoms with E-state index in [2.05, 4.69) is 20.6 Å². The fraction of sp³-hybridized carbons (Fsp3) is 0. The van der Waals surface area contributed by atoms with Gasteiger partial charge >= 0.3 is 0 Å². The lowest BCUT2D eigenvalue weighted by Gasteiger charge is -2.12. The van der Waals surface area contributed by atoms with Crippen LogP contribution in [0.1, 0.15) is 20.7 Å². The Bertz CT molecular complexity index is 1230. The van der Waals surface area contributed by atoms with Crippen LogP contribution in [-0.2, 0) is 0 Å². The first kappa shape index (κ1) is 21.0. The molecule has 0 aliphatic carbocycles. The fourth-order valence-corrected chi connectivity index (χ4v) is 2.95. The van der Waals surface area contributed by atoms with E-state index in [-0.39, 0.29) is 5.91 Å². The maximum Gasteiger partial charge on any atom is 0.258 e. The van der Waals surface area contributed by atoms with Crippen LogP contribution in [0.5, 0.6) is 11.5 Å². The number of halogens is 1. The Hall–Kier alpha value is -4.23. The maximum atomic E-state index is 12.7. The molecule has 2 heterocycles. The SMILES string of the molecule is O=C(Nc1ccccc1C(=O)Nc1ccc(Cl)cn1)c1ccc(Oc2cccnc2)cc1. The van der Waals surface area contributed by atoms with Crippen molar-refractivity contribution in [2.75, 3.05) is 10.6 Å². The third-order valence-corrected chi connectivity index (χ3v) is 4.60. The molecule has 2 amide bonds. The summed E-state index contributed by atoms with van der Waals surface area (Å²) in [5, 5.41) is 5.93. The highest BCUT2D eigenvalue weighted by Crippen LogP contribution is 2.22. The maximum absolute atomic E-state index is 12.7. The standard InChI is InChI=1S/C24H17ClN4O3/c25-17-9-12-22(27-14-17)29-24(31)20-5-1-2-6-21(20)28-23(30)16-7-10-18(11-8-16)32-19-4-3-13-26-15-19/h1-15H,(H,28,30)(H,27,29,31). The highest BCUT2D eigenvalue weighted by Gasteiger charge is 2.15. The Morgan fingerprint density at radius 2 is 1.59 bits per heavy atom. The van der Waals surface area contributed by atoms with Gasteiger partial charge in [0.15, 0.2) is 0 Å². The van der Waals surface area contributed by atoms with Gasteiger partial charge in [-0.2, -0.15) is 0 Å². The molecule has 4 rings (SSSR count). The molecule has 0 radical (unpaired) electrons. The molecule has 0 saturated carbocycles. The number of aromatic nitrogens is 2. The van der Waals surface area contributed by atoms with Gasteiger partial charge in [-0.05, 0) is 60.7 Å². The Labute approximate surface area is 189 Å². The summed E-state index contributed by atoms with van der Waals surface area (Å²) in [6.07, 6.45) is 4.69. The highest BCUT2D eigenvalue weighted by molar-refractivity contribution is 6.30. The second-order valence-electron chi connectivity index (χ2n) is 6.63. The second kappa shape index (κ2) is 9.72. The number of nitrogens with one attached hydrogen (secondary N) is 2. The van der Waals surface area contributed by atoms with Crippen LogP contribution < -0.4 is 15.4 Å². The van der Waals surface area contributed by atoms with Crippen LogP contribution in [0.15, 0.2) is 91.4 Å². The number of hydrogen-bond donors (Lipinski definition) is 2. The van der Waals surface area contributed by atoms with Gasteiger partial charge in [-0.15, -0.1) is 0 Å². The number of amides is 2. The molecule has 0 fully saturated rings. The van der Waals surface area contributed by atoms with Crippen molar-refractivity contribution in [3.8, 4) is 11.5 Å². The molecule has 2 aromatic carbocycles. The van der Waals surface area contributed by atoms with Gasteiger partial charge in [0.1, 0.15) is 17.3 Å². The summed E-state index contributed by atoms with van der Waals surface area (Å²) in [4.78, 5) is 33.5. The van der Waals surface area contributed by atoms with Gasteiger partial charge in [-0.1, -0.05) is 23.7 Å². The third kappa shape index (κ3) is 5.27. The minimum Gasteiger partial charge on any atom is -0.456 e. The first-order valence-electron chi connectivity index (χ1n) is 9.60. The van der Waals surface area contributed by atoms with Gasteiger partial charge in [-0.3, -0.25) is 14.6 Å². The number of para-hydroxylation sites is 1. The monoisotopic (exact) mass is 444 g/mol. The number of carbonyl (C=O) groups excluding carboxylic acids is 2. The number of pyridine rings is 2. The molecule has 0 aliphatic rings. The summed E-state index contributed by atoms with van der Waals surface area (Å²) in [5.41, 5.74) is 1.09. The molecule has 7 nitrogen and oxygen atoms in total. The fourth-order valence-electron chi connectivity index (χ4n) is 2.84. The van der Waals surface area contributed by atoms with Gasteiger partial charge < -0.3 is 15.4 Å². The van der Waals surface area contributed by atoms with Crippen molar-refractivity contribution in [1.29, 1.82) is 0 Å². The van der Waals surface area contributed by atoms with E-state index in [9.17, 15) is 9.59 Å². The topological polar surface area (TPSA) is 93.2 Å². The summed E-state index contributed by atoms with van der Waals surface area (Å²) >= 11 is 5.82. The number of benzene rings is 2. The van der Waals surface area contributed by atoms with Crippen LogP contribution in [0.4, 0.5) is 11.5 Å². The minimum atomic E-state index is -0.407. The van der Waals surface area contributed by atoms with Crippen LogP contribution >= 0.6 is 11.6 Å². The van der Waals surface area contributed by atoms with Gasteiger partial charge in [0.05, 0.1) is 22.5 Å². The number of carbonyl (C=O) groups is 2. The van der Waals surface area contributed by atoms with Crippen molar-refractivity contribution in [3.63, 3.8) is 0 Å². The van der Waals surface area contributed by atoms with E-state index in [1.54, 1.807) is 85.2 Å². The molecule has 0 atom stereocenters. The molecule has 158 valence electrons. The van der Waals surface area contributed by atoms with E-state index >= 15 is 0 Å². The molecule has 4 aromatic rings. The average molecular weight is 445 g/mol. The first-order valence-corrected chi connectivity index (χ1v) is 9.97. The van der Waals surface area contributed by atoms with Gasteiger partial charge in [0, 0.05) is 18.0 Å². The van der Waals surface area contributed by atoms with E-state index in [1.165, 1.54) is 6.20 Å². The molecule has 0 saturated heterocycles. The number of anilines is 2. The van der Waals surface area contributed by atoms with Crippen molar-refractivity contribution < 1.29 is 14.3 Å². The van der Waals surface area contributed by atoms with E-state index in [0.717, 1.165) is 0 Å². The quantitative estimate of drug-likeness (QED) is 0.413. The zero-order valence-electron chi connectivity index (χ0n) is 16.7. The lowest BCUT2D eigenvalue weighted by molar-refractivity contribution is 0.102. The van der Waals surface area contributed by atoms with Crippen LogP contribution in [0, 0.1) is 0 Å². The molecule has 0 aliphatic heterocycles. The molecule has 0 bridgehead atoms. The number of hydrogen-bond acceptors (Lipinski definition) is 5. The van der Waals surface area contributed by atoms with Gasteiger partial charge in [0.25, 0.3) is 11.8 Å². The molecular weight excluding hydrogens is 428 g/mol. The normalized spacial score (nSPS) is 10.3. The minimum absolute atomic E-state index is 0.300. The average Bonchev–Trinajstić information content (AvgIpc) is 2.82. The number of rotatable bonds is 6. The lowest BCUT2D eigenvalue weighted by Crippen LogP contribution is -2.18. The summed E-state index contributed by atoms with van der Waals surface area (Å²) in [6, 6.07) is 20.1. The molecule has 32 heavy (non-hydrogen) atoms. The number of nitrogens with zero attached hydrogens (tertiary/aromatic N) is 2. The van der Waals surface area contributed by atoms with Crippen molar-refractivity contribution in [1.82, 2.24) is 9.97 Å². The second-order valence-corrected chi connectivity index (χ2v) is 7.07. The molecule has 8 heteroatoms. The summed E-state index contributed by atoms with van der Waals surface area (Å²) < 4.78 is 5.68. The van der Waals surface area contributed by atoms with E-state index in [1.807, 2.05) is 0 Å². The predicted molar refractivity (Wildman–Crippen MR) is 122 cm³/mol. The molecule has 0 unspecified atom stereocenters. The largest absolute Gasteiger partial charge is 0.456 e. The Balaban J connectivity index is 1.45. The first-order chi connectivity index (χ1) is 15.6. The Morgan fingerprint density at radius 3 is 2.31 bits per heavy atom. The highest BCUT2D eigenvalue weighted by atomic mass is 35.5. The van der Waals surface area contributed by atoms with Crippen molar-refractivity contribution in [3.05, 3.63) is 108 Å². The summed E-state index contributed by atoms with van der Waals surface area (Å²) in [7, 11) is 0. The van der Waals surface area contributed by atoms with Crippen molar-refractivity contribution >= 4 is 34.9 Å². The molecule has 2 aromatic heterocycles. The van der Waals surface area contributed by atoms with Crippen LogP contribution in [0.3, 0.4) is 0 Å². The van der Waals surface area contributed by atoms with E-state index < -0.39 is 5.91 Å². The smallest absolute Gasteiger partial charge is 0.258 e. The van der Waals surface area contributed by atoms with Gasteiger partial charge in [0.2, 0.25) is 0 Å². The molecule has 2 N–H and O–H groups in total. The molecular formula is C24H17ClN4O3. The number of ether oxygens (including phenoxy) is 1. The predicted octanol–water partition coefficient (Wildman–Crippen LogP) is 5.43. The zero-order chi connectivity index (χ0) is 22.3. The lowest BCUT2D eigenvalue weighted by atomic mass is 10.1.